The number of rotatable bonds is 4. The summed E-state index contributed by atoms with van der Waals surface area (Å²) in [6.07, 6.45) is 0. The largest absolute Gasteiger partial charge is 0.455 e. The zero-order valence-corrected chi connectivity index (χ0v) is 12.6. The van der Waals surface area contributed by atoms with E-state index in [2.05, 4.69) is 21.2 Å². The maximum atomic E-state index is 11.8. The lowest BCUT2D eigenvalue weighted by Gasteiger charge is -2.10. The van der Waals surface area contributed by atoms with Gasteiger partial charge in [-0.3, -0.25) is 4.79 Å². The Hall–Kier alpha value is -2.01. The maximum Gasteiger partial charge on any atom is 0.251 e. The van der Waals surface area contributed by atoms with Gasteiger partial charge in [-0.15, -0.1) is 0 Å². The van der Waals surface area contributed by atoms with Crippen molar-refractivity contribution in [3.8, 4) is 11.5 Å². The highest BCUT2D eigenvalue weighted by molar-refractivity contribution is 9.10. The Labute approximate surface area is 126 Å². The topological polar surface area (TPSA) is 64.4 Å². The molecule has 0 spiro atoms. The van der Waals surface area contributed by atoms with Crippen molar-refractivity contribution in [1.82, 2.24) is 5.32 Å². The van der Waals surface area contributed by atoms with Crippen LogP contribution in [-0.4, -0.2) is 12.5 Å². The lowest BCUT2D eigenvalue weighted by molar-refractivity contribution is 0.0955. The first-order chi connectivity index (χ1) is 9.60. The number of hydrogen-bond acceptors (Lipinski definition) is 3. The standard InChI is InChI=1S/C15H15BrN2O2/c1-2-18-15(19)10-6-7-13(17)14(8-10)20-12-5-3-4-11(16)9-12/h3-9H,2,17H2,1H3,(H,18,19). The second kappa shape index (κ2) is 6.43. The average Bonchev–Trinajstić information content (AvgIpc) is 2.41. The number of benzene rings is 2. The van der Waals surface area contributed by atoms with Gasteiger partial charge in [0.15, 0.2) is 5.75 Å². The second-order valence-corrected chi connectivity index (χ2v) is 5.09. The number of nitrogen functional groups attached to an aromatic ring is 1. The summed E-state index contributed by atoms with van der Waals surface area (Å²) in [7, 11) is 0. The van der Waals surface area contributed by atoms with Gasteiger partial charge in [0.25, 0.3) is 5.91 Å². The van der Waals surface area contributed by atoms with E-state index in [0.29, 0.717) is 29.3 Å². The zero-order chi connectivity index (χ0) is 14.5. The summed E-state index contributed by atoms with van der Waals surface area (Å²) in [5, 5.41) is 2.74. The maximum absolute atomic E-state index is 11.8. The van der Waals surface area contributed by atoms with Gasteiger partial charge in [0.05, 0.1) is 5.69 Å². The van der Waals surface area contributed by atoms with Crippen LogP contribution in [0.25, 0.3) is 0 Å². The van der Waals surface area contributed by atoms with Gasteiger partial charge in [-0.1, -0.05) is 22.0 Å². The van der Waals surface area contributed by atoms with Crippen molar-refractivity contribution in [2.45, 2.75) is 6.92 Å². The molecule has 0 aliphatic carbocycles. The van der Waals surface area contributed by atoms with Crippen LogP contribution in [0.15, 0.2) is 46.9 Å². The van der Waals surface area contributed by atoms with Crippen molar-refractivity contribution >= 4 is 27.5 Å². The van der Waals surface area contributed by atoms with E-state index in [1.807, 2.05) is 31.2 Å². The third kappa shape index (κ3) is 3.51. The summed E-state index contributed by atoms with van der Waals surface area (Å²) in [6.45, 7) is 2.44. The number of anilines is 1. The molecule has 0 atom stereocenters. The van der Waals surface area contributed by atoms with Gasteiger partial charge >= 0.3 is 0 Å². The molecule has 0 saturated carbocycles. The summed E-state index contributed by atoms with van der Waals surface area (Å²) < 4.78 is 6.63. The molecule has 0 radical (unpaired) electrons. The third-order valence-electron chi connectivity index (χ3n) is 2.64. The van der Waals surface area contributed by atoms with Crippen LogP contribution >= 0.6 is 15.9 Å². The van der Waals surface area contributed by atoms with E-state index >= 15 is 0 Å². The van der Waals surface area contributed by atoms with E-state index in [0.717, 1.165) is 4.47 Å². The van der Waals surface area contributed by atoms with Gasteiger partial charge in [-0.25, -0.2) is 0 Å². The Kier molecular flexibility index (Phi) is 4.63. The Morgan fingerprint density at radius 2 is 2.10 bits per heavy atom. The molecule has 0 fully saturated rings. The summed E-state index contributed by atoms with van der Waals surface area (Å²) in [5.74, 6) is 0.970. The van der Waals surface area contributed by atoms with Gasteiger partial charge in [0, 0.05) is 16.6 Å². The van der Waals surface area contributed by atoms with E-state index in [1.165, 1.54) is 0 Å². The van der Waals surface area contributed by atoms with Crippen LogP contribution in [-0.2, 0) is 0 Å². The Bertz CT molecular complexity index is 629. The fraction of sp³-hybridized carbons (Fsp3) is 0.133. The molecule has 4 nitrogen and oxygen atoms in total. The van der Waals surface area contributed by atoms with Crippen LogP contribution in [0.3, 0.4) is 0 Å². The molecule has 2 aromatic carbocycles. The van der Waals surface area contributed by atoms with Crippen LogP contribution < -0.4 is 15.8 Å². The van der Waals surface area contributed by atoms with Gasteiger partial charge < -0.3 is 15.8 Å². The molecule has 5 heteroatoms. The minimum atomic E-state index is -0.147. The molecule has 1 amide bonds. The number of amides is 1. The lowest BCUT2D eigenvalue weighted by Crippen LogP contribution is -2.22. The monoisotopic (exact) mass is 334 g/mol. The van der Waals surface area contributed by atoms with E-state index in [1.54, 1.807) is 18.2 Å². The number of carbonyl (C=O) groups excluding carboxylic acids is 1. The number of nitrogens with two attached hydrogens (primary N) is 1. The quantitative estimate of drug-likeness (QED) is 0.840. The van der Waals surface area contributed by atoms with Crippen molar-refractivity contribution in [2.24, 2.45) is 0 Å². The molecule has 0 unspecified atom stereocenters. The van der Waals surface area contributed by atoms with Gasteiger partial charge in [-0.2, -0.15) is 0 Å². The van der Waals surface area contributed by atoms with Crippen LogP contribution in [0.2, 0.25) is 0 Å². The zero-order valence-electron chi connectivity index (χ0n) is 11.0. The van der Waals surface area contributed by atoms with E-state index in [-0.39, 0.29) is 5.91 Å². The predicted octanol–water partition coefficient (Wildman–Crippen LogP) is 3.57. The van der Waals surface area contributed by atoms with Gasteiger partial charge in [0.1, 0.15) is 5.75 Å². The number of nitrogens with one attached hydrogen (secondary N) is 1. The molecule has 0 aliphatic rings. The number of ether oxygens (including phenoxy) is 1. The SMILES string of the molecule is CCNC(=O)c1ccc(N)c(Oc2cccc(Br)c2)c1. The minimum Gasteiger partial charge on any atom is -0.455 e. The van der Waals surface area contributed by atoms with Crippen LogP contribution in [0.1, 0.15) is 17.3 Å². The average molecular weight is 335 g/mol. The van der Waals surface area contributed by atoms with Crippen molar-refractivity contribution in [1.29, 1.82) is 0 Å². The number of carbonyl (C=O) groups is 1. The van der Waals surface area contributed by atoms with Crippen LogP contribution in [0, 0.1) is 0 Å². The van der Waals surface area contributed by atoms with E-state index < -0.39 is 0 Å². The molecule has 0 aliphatic heterocycles. The molecule has 3 N–H and O–H groups in total. The van der Waals surface area contributed by atoms with Gasteiger partial charge in [-0.05, 0) is 43.3 Å². The highest BCUT2D eigenvalue weighted by Gasteiger charge is 2.09. The molecular weight excluding hydrogens is 320 g/mol. The first-order valence-electron chi connectivity index (χ1n) is 6.21. The minimum absolute atomic E-state index is 0.147. The van der Waals surface area contributed by atoms with E-state index in [9.17, 15) is 4.79 Å². The normalized spacial score (nSPS) is 10.1. The number of hydrogen-bond donors (Lipinski definition) is 2. The fourth-order valence-electron chi connectivity index (χ4n) is 1.68. The van der Waals surface area contributed by atoms with Crippen LogP contribution in [0.4, 0.5) is 5.69 Å². The Morgan fingerprint density at radius 3 is 2.80 bits per heavy atom. The Morgan fingerprint density at radius 1 is 1.30 bits per heavy atom. The first kappa shape index (κ1) is 14.4. The van der Waals surface area contributed by atoms with Crippen LogP contribution in [0.5, 0.6) is 11.5 Å². The highest BCUT2D eigenvalue weighted by atomic mass is 79.9. The van der Waals surface area contributed by atoms with Crippen molar-refractivity contribution < 1.29 is 9.53 Å². The smallest absolute Gasteiger partial charge is 0.251 e. The molecule has 2 aromatic rings. The molecule has 104 valence electrons. The molecule has 0 aromatic heterocycles. The lowest BCUT2D eigenvalue weighted by atomic mass is 10.1. The van der Waals surface area contributed by atoms with Crippen molar-refractivity contribution in [2.75, 3.05) is 12.3 Å². The molecule has 20 heavy (non-hydrogen) atoms. The fourth-order valence-corrected chi connectivity index (χ4v) is 2.06. The second-order valence-electron chi connectivity index (χ2n) is 4.17. The van der Waals surface area contributed by atoms with E-state index in [4.69, 9.17) is 10.5 Å². The van der Waals surface area contributed by atoms with Gasteiger partial charge in [0.2, 0.25) is 0 Å². The summed E-state index contributed by atoms with van der Waals surface area (Å²) >= 11 is 3.38. The summed E-state index contributed by atoms with van der Waals surface area (Å²) in [4.78, 5) is 11.8. The molecule has 0 heterocycles. The molecule has 2 rings (SSSR count). The summed E-state index contributed by atoms with van der Waals surface area (Å²) in [5.41, 5.74) is 6.88. The van der Waals surface area contributed by atoms with Crippen molar-refractivity contribution in [3.05, 3.63) is 52.5 Å². The molecular formula is C15H15BrN2O2. The Balaban J connectivity index is 2.27. The number of halogens is 1. The predicted molar refractivity (Wildman–Crippen MR) is 83.1 cm³/mol. The highest BCUT2D eigenvalue weighted by Crippen LogP contribution is 2.29. The third-order valence-corrected chi connectivity index (χ3v) is 3.13. The summed E-state index contributed by atoms with van der Waals surface area (Å²) in [6, 6.07) is 12.4. The van der Waals surface area contributed by atoms with Crippen molar-refractivity contribution in [3.63, 3.8) is 0 Å². The molecule has 0 bridgehead atoms. The molecule has 0 saturated heterocycles. The first-order valence-corrected chi connectivity index (χ1v) is 7.00.